The highest BCUT2D eigenvalue weighted by molar-refractivity contribution is 7.11. The van der Waals surface area contributed by atoms with Crippen LogP contribution in [0.4, 0.5) is 0 Å². The van der Waals surface area contributed by atoms with Crippen LogP contribution < -0.4 is 11.1 Å². The Balaban J connectivity index is 0. The third-order valence-corrected chi connectivity index (χ3v) is 3.13. The number of nitrogens with two attached hydrogens (primary N) is 1. The van der Waals surface area contributed by atoms with Crippen LogP contribution in [0.2, 0.25) is 0 Å². The van der Waals surface area contributed by atoms with Crippen LogP contribution >= 0.6 is 36.2 Å². The Hall–Kier alpha value is -0.360. The van der Waals surface area contributed by atoms with Crippen LogP contribution in [0.15, 0.2) is 0 Å². The van der Waals surface area contributed by atoms with Gasteiger partial charge in [-0.1, -0.05) is 0 Å². The van der Waals surface area contributed by atoms with Crippen LogP contribution in [0.1, 0.15) is 28.4 Å². The van der Waals surface area contributed by atoms with E-state index in [4.69, 9.17) is 5.73 Å². The van der Waals surface area contributed by atoms with Crippen LogP contribution in [-0.4, -0.2) is 17.4 Å². The molecule has 0 aliphatic carbocycles. The van der Waals surface area contributed by atoms with E-state index in [-0.39, 0.29) is 30.7 Å². The standard InChI is InChI=1S/C10H17N3OS.2ClH/c1-7-9(15-8(2)13-7)6-12-10(14)4-3-5-11;;/h3-6,11H2,1-2H3,(H,12,14);2*1H. The highest BCUT2D eigenvalue weighted by Crippen LogP contribution is 2.16. The van der Waals surface area contributed by atoms with Crippen molar-refractivity contribution in [2.24, 2.45) is 5.73 Å². The zero-order valence-corrected chi connectivity index (χ0v) is 12.4. The highest BCUT2D eigenvalue weighted by Gasteiger charge is 2.06. The first-order chi connectivity index (χ1) is 7.13. The van der Waals surface area contributed by atoms with E-state index in [0.717, 1.165) is 22.0 Å². The molecule has 0 radical (unpaired) electrons. The Kier molecular flexibility index (Phi) is 10.8. The van der Waals surface area contributed by atoms with E-state index < -0.39 is 0 Å². The molecular formula is C10H19Cl2N3OS. The number of rotatable bonds is 5. The first-order valence-corrected chi connectivity index (χ1v) is 5.84. The Labute approximate surface area is 118 Å². The summed E-state index contributed by atoms with van der Waals surface area (Å²) in [5.74, 6) is 0.0610. The van der Waals surface area contributed by atoms with E-state index in [2.05, 4.69) is 10.3 Å². The number of halogens is 2. The molecule has 0 atom stereocenters. The van der Waals surface area contributed by atoms with Crippen molar-refractivity contribution in [1.29, 1.82) is 0 Å². The zero-order chi connectivity index (χ0) is 11.3. The Morgan fingerprint density at radius 3 is 2.53 bits per heavy atom. The molecule has 100 valence electrons. The SMILES string of the molecule is Cc1nc(C)c(CNC(=O)CCCN)s1.Cl.Cl. The quantitative estimate of drug-likeness (QED) is 0.873. The van der Waals surface area contributed by atoms with Gasteiger partial charge in [-0.3, -0.25) is 4.79 Å². The second-order valence-corrected chi connectivity index (χ2v) is 4.70. The molecule has 0 saturated heterocycles. The van der Waals surface area contributed by atoms with Crippen molar-refractivity contribution in [2.45, 2.75) is 33.2 Å². The number of carbonyl (C=O) groups is 1. The summed E-state index contributed by atoms with van der Waals surface area (Å²) in [6.07, 6.45) is 1.25. The molecule has 3 N–H and O–H groups in total. The maximum atomic E-state index is 11.3. The molecule has 1 aromatic rings. The first kappa shape index (κ1) is 19.0. The van der Waals surface area contributed by atoms with Crippen molar-refractivity contribution in [3.63, 3.8) is 0 Å². The molecule has 0 bridgehead atoms. The van der Waals surface area contributed by atoms with Crippen LogP contribution in [0.5, 0.6) is 0 Å². The number of thiazole rings is 1. The molecule has 7 heteroatoms. The van der Waals surface area contributed by atoms with E-state index >= 15 is 0 Å². The molecule has 1 rings (SSSR count). The van der Waals surface area contributed by atoms with Gasteiger partial charge in [0.25, 0.3) is 0 Å². The molecule has 1 aromatic heterocycles. The van der Waals surface area contributed by atoms with Crippen molar-refractivity contribution in [3.8, 4) is 0 Å². The van der Waals surface area contributed by atoms with Gasteiger partial charge in [0.1, 0.15) is 0 Å². The van der Waals surface area contributed by atoms with Crippen molar-refractivity contribution in [1.82, 2.24) is 10.3 Å². The van der Waals surface area contributed by atoms with Gasteiger partial charge in [0.2, 0.25) is 5.91 Å². The summed E-state index contributed by atoms with van der Waals surface area (Å²) >= 11 is 1.63. The fraction of sp³-hybridized carbons (Fsp3) is 0.600. The molecule has 1 heterocycles. The molecule has 1 amide bonds. The minimum atomic E-state index is 0. The Bertz CT molecular complexity index is 344. The van der Waals surface area contributed by atoms with Gasteiger partial charge < -0.3 is 11.1 Å². The van der Waals surface area contributed by atoms with Gasteiger partial charge in [0.05, 0.1) is 17.2 Å². The molecule has 0 aliphatic heterocycles. The summed E-state index contributed by atoms with van der Waals surface area (Å²) in [7, 11) is 0. The number of aromatic nitrogens is 1. The van der Waals surface area contributed by atoms with Crippen LogP contribution in [0.3, 0.4) is 0 Å². The monoisotopic (exact) mass is 299 g/mol. The highest BCUT2D eigenvalue weighted by atomic mass is 35.5. The number of hydrogen-bond donors (Lipinski definition) is 2. The lowest BCUT2D eigenvalue weighted by molar-refractivity contribution is -0.121. The van der Waals surface area contributed by atoms with Crippen molar-refractivity contribution >= 4 is 42.1 Å². The fourth-order valence-electron chi connectivity index (χ4n) is 1.27. The van der Waals surface area contributed by atoms with Gasteiger partial charge in [-0.25, -0.2) is 4.98 Å². The number of carbonyl (C=O) groups excluding carboxylic acids is 1. The number of hydrogen-bond acceptors (Lipinski definition) is 4. The second-order valence-electron chi connectivity index (χ2n) is 3.41. The van der Waals surface area contributed by atoms with Gasteiger partial charge in [-0.05, 0) is 26.8 Å². The van der Waals surface area contributed by atoms with Crippen LogP contribution in [-0.2, 0) is 11.3 Å². The zero-order valence-electron chi connectivity index (χ0n) is 9.99. The van der Waals surface area contributed by atoms with Gasteiger partial charge in [0.15, 0.2) is 0 Å². The number of nitrogens with one attached hydrogen (secondary N) is 1. The smallest absolute Gasteiger partial charge is 0.220 e. The van der Waals surface area contributed by atoms with Gasteiger partial charge in [-0.15, -0.1) is 36.2 Å². The molecule has 0 fully saturated rings. The van der Waals surface area contributed by atoms with Gasteiger partial charge in [0, 0.05) is 11.3 Å². The van der Waals surface area contributed by atoms with E-state index in [9.17, 15) is 4.79 Å². The third-order valence-electron chi connectivity index (χ3n) is 2.05. The summed E-state index contributed by atoms with van der Waals surface area (Å²) < 4.78 is 0. The molecule has 0 saturated carbocycles. The maximum absolute atomic E-state index is 11.3. The summed E-state index contributed by atoms with van der Waals surface area (Å²) in [5, 5.41) is 3.90. The van der Waals surface area contributed by atoms with Crippen LogP contribution in [0, 0.1) is 13.8 Å². The van der Waals surface area contributed by atoms with E-state index in [1.807, 2.05) is 13.8 Å². The summed E-state index contributed by atoms with van der Waals surface area (Å²) in [6.45, 7) is 5.08. The van der Waals surface area contributed by atoms with Crippen molar-refractivity contribution < 1.29 is 4.79 Å². The average Bonchev–Trinajstić information content (AvgIpc) is 2.51. The maximum Gasteiger partial charge on any atom is 0.220 e. The lowest BCUT2D eigenvalue weighted by Crippen LogP contribution is -2.23. The molecule has 4 nitrogen and oxygen atoms in total. The molecule has 0 spiro atoms. The summed E-state index contributed by atoms with van der Waals surface area (Å²) in [6, 6.07) is 0. The lowest BCUT2D eigenvalue weighted by Gasteiger charge is -2.02. The molecule has 0 aromatic carbocycles. The lowest BCUT2D eigenvalue weighted by atomic mass is 10.3. The normalized spacial score (nSPS) is 9.12. The summed E-state index contributed by atoms with van der Waals surface area (Å²) in [4.78, 5) is 16.7. The number of amides is 1. The summed E-state index contributed by atoms with van der Waals surface area (Å²) in [5.41, 5.74) is 6.33. The predicted molar refractivity (Wildman–Crippen MR) is 76.2 cm³/mol. The van der Waals surface area contributed by atoms with Gasteiger partial charge >= 0.3 is 0 Å². The topological polar surface area (TPSA) is 68.0 Å². The molecular weight excluding hydrogens is 281 g/mol. The minimum Gasteiger partial charge on any atom is -0.351 e. The average molecular weight is 300 g/mol. The van der Waals surface area contributed by atoms with E-state index in [1.165, 1.54) is 0 Å². The van der Waals surface area contributed by atoms with Crippen LogP contribution in [0.25, 0.3) is 0 Å². The second kappa shape index (κ2) is 9.65. The Morgan fingerprint density at radius 1 is 1.41 bits per heavy atom. The minimum absolute atomic E-state index is 0. The first-order valence-electron chi connectivity index (χ1n) is 5.03. The molecule has 17 heavy (non-hydrogen) atoms. The molecule has 0 unspecified atom stereocenters. The van der Waals surface area contributed by atoms with Gasteiger partial charge in [-0.2, -0.15) is 0 Å². The Morgan fingerprint density at radius 2 is 2.06 bits per heavy atom. The van der Waals surface area contributed by atoms with E-state index in [1.54, 1.807) is 11.3 Å². The molecule has 0 aliphatic rings. The van der Waals surface area contributed by atoms with E-state index in [0.29, 0.717) is 19.5 Å². The largest absolute Gasteiger partial charge is 0.351 e. The van der Waals surface area contributed by atoms with Crippen molar-refractivity contribution in [2.75, 3.05) is 6.54 Å². The van der Waals surface area contributed by atoms with Crippen molar-refractivity contribution in [3.05, 3.63) is 15.6 Å². The number of nitrogens with zero attached hydrogens (tertiary/aromatic N) is 1. The fourth-order valence-corrected chi connectivity index (χ4v) is 2.14. The predicted octanol–water partition coefficient (Wildman–Crippen LogP) is 1.96. The third kappa shape index (κ3) is 6.83. The number of aryl methyl sites for hydroxylation is 2.